The van der Waals surface area contributed by atoms with Crippen LogP contribution in [0.5, 0.6) is 5.75 Å². The largest absolute Gasteiger partial charge is 0.513 e. The van der Waals surface area contributed by atoms with Crippen molar-refractivity contribution >= 4 is 11.8 Å². The Morgan fingerprint density at radius 3 is 2.68 bits per heavy atom. The van der Waals surface area contributed by atoms with E-state index in [1.807, 2.05) is 24.3 Å². The van der Waals surface area contributed by atoms with Crippen LogP contribution in [-0.2, 0) is 11.2 Å². The van der Waals surface area contributed by atoms with Gasteiger partial charge in [0.1, 0.15) is 12.4 Å². The third-order valence-corrected chi connectivity index (χ3v) is 3.73. The van der Waals surface area contributed by atoms with Crippen LogP contribution in [0.2, 0.25) is 0 Å². The van der Waals surface area contributed by atoms with E-state index in [1.165, 1.54) is 11.3 Å². The van der Waals surface area contributed by atoms with Crippen molar-refractivity contribution in [2.24, 2.45) is 0 Å². The number of hydrogen-bond donors (Lipinski definition) is 0. The predicted octanol–water partition coefficient (Wildman–Crippen LogP) is 3.65. The first-order valence-electron chi connectivity index (χ1n) is 7.55. The van der Waals surface area contributed by atoms with Crippen LogP contribution < -0.4 is 9.64 Å². The Bertz CT molecular complexity index is 627. The van der Waals surface area contributed by atoms with Crippen LogP contribution in [0.3, 0.4) is 0 Å². The quantitative estimate of drug-likeness (QED) is 0.638. The van der Waals surface area contributed by atoms with Gasteiger partial charge in [-0.2, -0.15) is 0 Å². The molecule has 2 aromatic rings. The first-order chi connectivity index (χ1) is 10.8. The number of carbonyl (C=O) groups excluding carboxylic acids is 1. The Labute approximate surface area is 130 Å². The second-order valence-electron chi connectivity index (χ2n) is 5.23. The number of ether oxygens (including phenoxy) is 2. The average Bonchev–Trinajstić information content (AvgIpc) is 2.56. The van der Waals surface area contributed by atoms with E-state index in [-0.39, 0.29) is 0 Å². The van der Waals surface area contributed by atoms with E-state index < -0.39 is 6.16 Å². The maximum Gasteiger partial charge on any atom is 0.513 e. The van der Waals surface area contributed by atoms with Crippen molar-refractivity contribution in [3.05, 3.63) is 60.2 Å². The number of para-hydroxylation sites is 2. The summed E-state index contributed by atoms with van der Waals surface area (Å²) in [4.78, 5) is 13.9. The van der Waals surface area contributed by atoms with Gasteiger partial charge in [-0.25, -0.2) is 4.79 Å². The highest BCUT2D eigenvalue weighted by molar-refractivity contribution is 5.63. The van der Waals surface area contributed by atoms with Gasteiger partial charge in [-0.1, -0.05) is 36.4 Å². The monoisotopic (exact) mass is 297 g/mol. The Morgan fingerprint density at radius 1 is 1.05 bits per heavy atom. The molecule has 0 N–H and O–H groups in total. The molecule has 0 aromatic heterocycles. The molecule has 114 valence electrons. The summed E-state index contributed by atoms with van der Waals surface area (Å²) >= 11 is 0. The molecule has 1 aliphatic rings. The maximum atomic E-state index is 11.6. The smallest absolute Gasteiger partial charge is 0.432 e. The summed E-state index contributed by atoms with van der Waals surface area (Å²) in [6, 6.07) is 17.3. The first kappa shape index (κ1) is 14.4. The standard InChI is InChI=1S/C18H19NO3/c20-18(22-16-9-2-1-3-10-16)21-14-13-19-12-6-8-15-7-4-5-11-17(15)19/h1-5,7,9-11H,6,8,12-14H2. The number of nitrogens with zero attached hydrogens (tertiary/aromatic N) is 1. The highest BCUT2D eigenvalue weighted by Crippen LogP contribution is 2.26. The molecular weight excluding hydrogens is 278 g/mol. The van der Waals surface area contributed by atoms with Gasteiger partial charge in [0, 0.05) is 12.2 Å². The fraction of sp³-hybridized carbons (Fsp3) is 0.278. The normalized spacial score (nSPS) is 13.4. The third kappa shape index (κ3) is 3.58. The number of rotatable bonds is 4. The zero-order chi connectivity index (χ0) is 15.2. The topological polar surface area (TPSA) is 38.8 Å². The summed E-state index contributed by atoms with van der Waals surface area (Å²) in [6.07, 6.45) is 1.59. The van der Waals surface area contributed by atoms with Crippen molar-refractivity contribution in [3.63, 3.8) is 0 Å². The van der Waals surface area contributed by atoms with Crippen LogP contribution in [0.1, 0.15) is 12.0 Å². The van der Waals surface area contributed by atoms with E-state index in [9.17, 15) is 4.79 Å². The molecule has 0 bridgehead atoms. The lowest BCUT2D eigenvalue weighted by molar-refractivity contribution is 0.101. The lowest BCUT2D eigenvalue weighted by Crippen LogP contribution is -2.33. The van der Waals surface area contributed by atoms with Gasteiger partial charge in [0.15, 0.2) is 0 Å². The number of hydrogen-bond acceptors (Lipinski definition) is 4. The molecular formula is C18H19NO3. The fourth-order valence-electron chi connectivity index (χ4n) is 2.70. The van der Waals surface area contributed by atoms with Gasteiger partial charge in [-0.15, -0.1) is 0 Å². The van der Waals surface area contributed by atoms with E-state index in [2.05, 4.69) is 23.1 Å². The van der Waals surface area contributed by atoms with Crippen molar-refractivity contribution in [3.8, 4) is 5.75 Å². The van der Waals surface area contributed by atoms with E-state index in [0.29, 0.717) is 18.9 Å². The number of benzene rings is 2. The molecule has 0 amide bonds. The summed E-state index contributed by atoms with van der Waals surface area (Å²) in [7, 11) is 0. The van der Waals surface area contributed by atoms with Crippen molar-refractivity contribution in [1.82, 2.24) is 0 Å². The summed E-state index contributed by atoms with van der Waals surface area (Å²) in [6.45, 7) is 2.00. The molecule has 0 radical (unpaired) electrons. The van der Waals surface area contributed by atoms with Crippen molar-refractivity contribution < 1.29 is 14.3 Å². The Hall–Kier alpha value is -2.49. The second kappa shape index (κ2) is 6.98. The lowest BCUT2D eigenvalue weighted by atomic mass is 10.0. The van der Waals surface area contributed by atoms with Gasteiger partial charge >= 0.3 is 6.16 Å². The molecule has 4 heteroatoms. The molecule has 0 saturated carbocycles. The minimum absolute atomic E-state index is 0.319. The van der Waals surface area contributed by atoms with E-state index >= 15 is 0 Å². The third-order valence-electron chi connectivity index (χ3n) is 3.73. The van der Waals surface area contributed by atoms with Crippen molar-refractivity contribution in [1.29, 1.82) is 0 Å². The van der Waals surface area contributed by atoms with Gasteiger partial charge in [-0.3, -0.25) is 0 Å². The van der Waals surface area contributed by atoms with Crippen LogP contribution >= 0.6 is 0 Å². The molecule has 0 unspecified atom stereocenters. The molecule has 0 atom stereocenters. The molecule has 3 rings (SSSR count). The maximum absolute atomic E-state index is 11.6. The molecule has 0 aliphatic carbocycles. The van der Waals surface area contributed by atoms with Crippen LogP contribution in [0, 0.1) is 0 Å². The summed E-state index contributed by atoms with van der Waals surface area (Å²) in [5, 5.41) is 0. The van der Waals surface area contributed by atoms with Crippen LogP contribution in [0.25, 0.3) is 0 Å². The molecule has 2 aromatic carbocycles. The van der Waals surface area contributed by atoms with Gasteiger partial charge < -0.3 is 14.4 Å². The molecule has 1 aliphatic heterocycles. The highest BCUT2D eigenvalue weighted by atomic mass is 16.7. The Kier molecular flexibility index (Phi) is 4.59. The van der Waals surface area contributed by atoms with Gasteiger partial charge in [-0.05, 0) is 36.6 Å². The Morgan fingerprint density at radius 2 is 1.82 bits per heavy atom. The molecule has 0 saturated heterocycles. The van der Waals surface area contributed by atoms with Gasteiger partial charge in [0.05, 0.1) is 6.54 Å². The number of fused-ring (bicyclic) bond motifs is 1. The molecule has 22 heavy (non-hydrogen) atoms. The van der Waals surface area contributed by atoms with Crippen molar-refractivity contribution in [2.45, 2.75) is 12.8 Å². The average molecular weight is 297 g/mol. The summed E-state index contributed by atoms with van der Waals surface area (Å²) < 4.78 is 10.3. The SMILES string of the molecule is O=C(OCCN1CCCc2ccccc21)Oc1ccccc1. The molecule has 1 heterocycles. The Balaban J connectivity index is 1.49. The van der Waals surface area contributed by atoms with E-state index in [0.717, 1.165) is 19.4 Å². The van der Waals surface area contributed by atoms with Gasteiger partial charge in [0.2, 0.25) is 0 Å². The summed E-state index contributed by atoms with van der Waals surface area (Å²) in [5.41, 5.74) is 2.61. The van der Waals surface area contributed by atoms with E-state index in [4.69, 9.17) is 9.47 Å². The predicted molar refractivity (Wildman–Crippen MR) is 85.4 cm³/mol. The van der Waals surface area contributed by atoms with Crippen molar-refractivity contribution in [2.75, 3.05) is 24.6 Å². The summed E-state index contributed by atoms with van der Waals surface area (Å²) in [5.74, 6) is 0.496. The number of carbonyl (C=O) groups is 1. The molecule has 0 spiro atoms. The van der Waals surface area contributed by atoms with Crippen LogP contribution in [0.4, 0.5) is 10.5 Å². The van der Waals surface area contributed by atoms with E-state index in [1.54, 1.807) is 12.1 Å². The molecule has 4 nitrogen and oxygen atoms in total. The molecule has 0 fully saturated rings. The van der Waals surface area contributed by atoms with Crippen LogP contribution in [0.15, 0.2) is 54.6 Å². The first-order valence-corrected chi connectivity index (χ1v) is 7.55. The lowest BCUT2D eigenvalue weighted by Gasteiger charge is -2.30. The number of anilines is 1. The zero-order valence-corrected chi connectivity index (χ0v) is 12.4. The minimum atomic E-state index is -0.656. The van der Waals surface area contributed by atoms with Gasteiger partial charge in [0.25, 0.3) is 0 Å². The second-order valence-corrected chi connectivity index (χ2v) is 5.23. The fourth-order valence-corrected chi connectivity index (χ4v) is 2.70. The number of aryl methyl sites for hydroxylation is 1. The minimum Gasteiger partial charge on any atom is -0.432 e. The zero-order valence-electron chi connectivity index (χ0n) is 12.4. The highest BCUT2D eigenvalue weighted by Gasteiger charge is 2.16. The van der Waals surface area contributed by atoms with Crippen LogP contribution in [-0.4, -0.2) is 25.9 Å².